The van der Waals surface area contributed by atoms with E-state index in [1.165, 1.54) is 7.11 Å². The van der Waals surface area contributed by atoms with Gasteiger partial charge in [-0.1, -0.05) is 5.11 Å². The van der Waals surface area contributed by atoms with Crippen LogP contribution in [0.3, 0.4) is 0 Å². The van der Waals surface area contributed by atoms with E-state index in [2.05, 4.69) is 19.5 Å². The van der Waals surface area contributed by atoms with E-state index in [1.807, 2.05) is 0 Å². The molecule has 0 aliphatic carbocycles. The molecule has 0 amide bonds. The van der Waals surface area contributed by atoms with Gasteiger partial charge >= 0.3 is 5.97 Å². The second-order valence-electron chi connectivity index (χ2n) is 2.49. The van der Waals surface area contributed by atoms with Crippen LogP contribution in [0.25, 0.3) is 10.4 Å². The Labute approximate surface area is 87.3 Å². The van der Waals surface area contributed by atoms with E-state index < -0.39 is 16.0 Å². The van der Waals surface area contributed by atoms with Crippen molar-refractivity contribution in [2.45, 2.75) is 6.42 Å². The lowest BCUT2D eigenvalue weighted by molar-refractivity contribution is -0.140. The van der Waals surface area contributed by atoms with Gasteiger partial charge in [-0.3, -0.25) is 4.79 Å². The standard InChI is InChI=1S/C6H12N4O4S/c1-14-6(11)2-5-15(12,13)9-4-3-8-10-7/h9H,2-5H2,1H3. The van der Waals surface area contributed by atoms with Crippen LogP contribution in [0.15, 0.2) is 5.11 Å². The number of sulfonamides is 1. The van der Waals surface area contributed by atoms with Crippen LogP contribution < -0.4 is 4.72 Å². The molecule has 0 saturated carbocycles. The summed E-state index contributed by atoms with van der Waals surface area (Å²) in [6.07, 6.45) is -0.201. The second-order valence-corrected chi connectivity index (χ2v) is 4.42. The van der Waals surface area contributed by atoms with Gasteiger partial charge in [0.2, 0.25) is 10.0 Å². The molecule has 0 rings (SSSR count). The minimum atomic E-state index is -3.50. The largest absolute Gasteiger partial charge is 0.469 e. The highest BCUT2D eigenvalue weighted by molar-refractivity contribution is 7.89. The number of carbonyl (C=O) groups excluding carboxylic acids is 1. The summed E-state index contributed by atoms with van der Waals surface area (Å²) in [7, 11) is -2.32. The first kappa shape index (κ1) is 13.7. The van der Waals surface area contributed by atoms with Crippen LogP contribution in [0.1, 0.15) is 6.42 Å². The lowest BCUT2D eigenvalue weighted by Gasteiger charge is -2.03. The monoisotopic (exact) mass is 236 g/mol. The van der Waals surface area contributed by atoms with Gasteiger partial charge in [0.1, 0.15) is 0 Å². The first-order valence-corrected chi connectivity index (χ1v) is 5.72. The fraction of sp³-hybridized carbons (Fsp3) is 0.833. The first-order chi connectivity index (χ1) is 7.02. The average molecular weight is 236 g/mol. The van der Waals surface area contributed by atoms with Crippen molar-refractivity contribution in [3.63, 3.8) is 0 Å². The van der Waals surface area contributed by atoms with Crippen molar-refractivity contribution in [1.29, 1.82) is 0 Å². The molecule has 0 atom stereocenters. The molecular formula is C6H12N4O4S. The Morgan fingerprint density at radius 1 is 1.60 bits per heavy atom. The molecule has 0 heterocycles. The molecule has 1 N–H and O–H groups in total. The van der Waals surface area contributed by atoms with Gasteiger partial charge in [0, 0.05) is 18.0 Å². The van der Waals surface area contributed by atoms with Crippen molar-refractivity contribution in [2.75, 3.05) is 26.0 Å². The number of azide groups is 1. The fourth-order valence-electron chi connectivity index (χ4n) is 0.688. The topological polar surface area (TPSA) is 121 Å². The van der Waals surface area contributed by atoms with Gasteiger partial charge in [-0.05, 0) is 5.53 Å². The number of nitrogens with one attached hydrogen (secondary N) is 1. The average Bonchev–Trinajstić information content (AvgIpc) is 2.21. The van der Waals surface area contributed by atoms with E-state index in [1.54, 1.807) is 0 Å². The van der Waals surface area contributed by atoms with Gasteiger partial charge in [0.25, 0.3) is 0 Å². The molecule has 0 aromatic heterocycles. The Morgan fingerprint density at radius 3 is 2.80 bits per heavy atom. The summed E-state index contributed by atoms with van der Waals surface area (Å²) in [5.74, 6) is -0.925. The van der Waals surface area contributed by atoms with Crippen LogP contribution in [0.5, 0.6) is 0 Å². The van der Waals surface area contributed by atoms with E-state index in [0.717, 1.165) is 0 Å². The number of hydrogen-bond donors (Lipinski definition) is 1. The molecule has 0 aliphatic rings. The highest BCUT2D eigenvalue weighted by atomic mass is 32.2. The van der Waals surface area contributed by atoms with Crippen molar-refractivity contribution >= 4 is 16.0 Å². The van der Waals surface area contributed by atoms with Gasteiger partial charge in [-0.2, -0.15) is 0 Å². The van der Waals surface area contributed by atoms with Crippen molar-refractivity contribution in [3.8, 4) is 0 Å². The summed E-state index contributed by atoms with van der Waals surface area (Å²) < 4.78 is 28.8. The minimum Gasteiger partial charge on any atom is -0.469 e. The molecular weight excluding hydrogens is 224 g/mol. The molecule has 0 unspecified atom stereocenters. The number of carbonyl (C=O) groups is 1. The summed E-state index contributed by atoms with van der Waals surface area (Å²) in [6, 6.07) is 0. The molecule has 86 valence electrons. The molecule has 0 fully saturated rings. The highest BCUT2D eigenvalue weighted by Gasteiger charge is 2.12. The number of ether oxygens (including phenoxy) is 1. The quantitative estimate of drug-likeness (QED) is 0.216. The van der Waals surface area contributed by atoms with Gasteiger partial charge in [0.05, 0.1) is 19.3 Å². The fourth-order valence-corrected chi connectivity index (χ4v) is 1.67. The van der Waals surface area contributed by atoms with Gasteiger partial charge in [-0.15, -0.1) is 0 Å². The summed E-state index contributed by atoms with van der Waals surface area (Å²) in [5.41, 5.74) is 7.92. The lowest BCUT2D eigenvalue weighted by atomic mass is 10.5. The smallest absolute Gasteiger partial charge is 0.306 e. The van der Waals surface area contributed by atoms with Crippen LogP contribution in [-0.4, -0.2) is 40.3 Å². The lowest BCUT2D eigenvalue weighted by Crippen LogP contribution is -2.29. The first-order valence-electron chi connectivity index (χ1n) is 4.07. The third kappa shape index (κ3) is 7.74. The van der Waals surface area contributed by atoms with Crippen molar-refractivity contribution in [2.24, 2.45) is 5.11 Å². The third-order valence-corrected chi connectivity index (χ3v) is 2.79. The third-order valence-electron chi connectivity index (χ3n) is 1.40. The van der Waals surface area contributed by atoms with Crippen molar-refractivity contribution < 1.29 is 17.9 Å². The molecule has 0 radical (unpaired) electrons. The van der Waals surface area contributed by atoms with Gasteiger partial charge in [-0.25, -0.2) is 13.1 Å². The van der Waals surface area contributed by atoms with Gasteiger partial charge in [0.15, 0.2) is 0 Å². The number of hydrogen-bond acceptors (Lipinski definition) is 5. The zero-order valence-electron chi connectivity index (χ0n) is 8.21. The molecule has 0 aromatic rings. The Kier molecular flexibility index (Phi) is 6.43. The van der Waals surface area contributed by atoms with Crippen molar-refractivity contribution in [1.82, 2.24) is 4.72 Å². The molecule has 15 heavy (non-hydrogen) atoms. The van der Waals surface area contributed by atoms with E-state index in [0.29, 0.717) is 0 Å². The van der Waals surface area contributed by atoms with Gasteiger partial charge < -0.3 is 4.74 Å². The van der Waals surface area contributed by atoms with Crippen LogP contribution in [-0.2, 0) is 19.6 Å². The van der Waals surface area contributed by atoms with Crippen molar-refractivity contribution in [3.05, 3.63) is 10.4 Å². The van der Waals surface area contributed by atoms with E-state index in [-0.39, 0.29) is 25.3 Å². The van der Waals surface area contributed by atoms with E-state index in [9.17, 15) is 13.2 Å². The molecule has 0 saturated heterocycles. The maximum Gasteiger partial charge on any atom is 0.306 e. The summed E-state index contributed by atoms with van der Waals surface area (Å²) in [6.45, 7) is 0.0571. The molecule has 0 aromatic carbocycles. The minimum absolute atomic E-state index is 0.0214. The molecule has 0 spiro atoms. The second kappa shape index (κ2) is 7.04. The maximum atomic E-state index is 11.2. The number of nitrogens with zero attached hydrogens (tertiary/aromatic N) is 3. The Balaban J connectivity index is 3.87. The Bertz CT molecular complexity index is 346. The number of rotatable bonds is 7. The Morgan fingerprint density at radius 2 is 2.27 bits per heavy atom. The zero-order chi connectivity index (χ0) is 11.7. The van der Waals surface area contributed by atoms with Crippen LogP contribution in [0, 0.1) is 0 Å². The zero-order valence-corrected chi connectivity index (χ0v) is 9.03. The maximum absolute atomic E-state index is 11.2. The number of esters is 1. The molecule has 0 aliphatic heterocycles. The van der Waals surface area contributed by atoms with Crippen LogP contribution in [0.4, 0.5) is 0 Å². The summed E-state index contributed by atoms with van der Waals surface area (Å²) in [5, 5.41) is 3.15. The van der Waals surface area contributed by atoms with E-state index >= 15 is 0 Å². The summed E-state index contributed by atoms with van der Waals surface area (Å²) in [4.78, 5) is 13.1. The molecule has 0 bridgehead atoms. The predicted octanol–water partition coefficient (Wildman–Crippen LogP) is -0.221. The normalized spacial score (nSPS) is 10.5. The molecule has 8 nitrogen and oxygen atoms in total. The SMILES string of the molecule is COC(=O)CCS(=O)(=O)NCCN=[N+]=[N-]. The van der Waals surface area contributed by atoms with Crippen LogP contribution in [0.2, 0.25) is 0 Å². The summed E-state index contributed by atoms with van der Waals surface area (Å²) >= 11 is 0. The highest BCUT2D eigenvalue weighted by Crippen LogP contribution is 1.91. The predicted molar refractivity (Wildman–Crippen MR) is 52.4 cm³/mol. The van der Waals surface area contributed by atoms with E-state index in [4.69, 9.17) is 5.53 Å². The number of methoxy groups -OCH3 is 1. The Hall–Kier alpha value is -1.31. The molecule has 9 heteroatoms. The van der Waals surface area contributed by atoms with Crippen LogP contribution >= 0.6 is 0 Å².